The maximum atomic E-state index is 4.64. The van der Waals surface area contributed by atoms with E-state index in [1.165, 1.54) is 5.69 Å². The van der Waals surface area contributed by atoms with Gasteiger partial charge in [-0.2, -0.15) is 0 Å². The molecule has 0 saturated carbocycles. The molecule has 18 heavy (non-hydrogen) atoms. The Morgan fingerprint density at radius 2 is 2.11 bits per heavy atom. The fourth-order valence-electron chi connectivity index (χ4n) is 2.45. The van der Waals surface area contributed by atoms with E-state index < -0.39 is 0 Å². The van der Waals surface area contributed by atoms with Crippen molar-refractivity contribution >= 4 is 12.2 Å². The number of para-hydroxylation sites is 1. The summed E-state index contributed by atoms with van der Waals surface area (Å²) in [6.45, 7) is 6.10. The zero-order valence-corrected chi connectivity index (χ0v) is 10.5. The van der Waals surface area contributed by atoms with Crippen LogP contribution in [0, 0.1) is 5.92 Å². The molecule has 2 aromatic rings. The van der Waals surface area contributed by atoms with Crippen LogP contribution < -0.4 is 0 Å². The molecule has 0 fully saturated rings. The monoisotopic (exact) mass is 236 g/mol. The first-order valence-corrected chi connectivity index (χ1v) is 6.27. The molecule has 1 heterocycles. The van der Waals surface area contributed by atoms with Crippen molar-refractivity contribution in [1.82, 2.24) is 9.55 Å². The number of aromatic nitrogens is 2. The fraction of sp³-hybridized carbons (Fsp3) is 0.188. The maximum absolute atomic E-state index is 4.64. The van der Waals surface area contributed by atoms with Crippen molar-refractivity contribution in [1.29, 1.82) is 0 Å². The van der Waals surface area contributed by atoms with Crippen LogP contribution in [0.25, 0.3) is 17.8 Å². The van der Waals surface area contributed by atoms with Gasteiger partial charge in [0.15, 0.2) is 0 Å². The Bertz CT molecular complexity index is 606. The molecule has 0 aliphatic heterocycles. The smallest absolute Gasteiger partial charge is 0.137 e. The molecular formula is C16H16N2. The molecule has 90 valence electrons. The van der Waals surface area contributed by atoms with Crippen molar-refractivity contribution in [2.75, 3.05) is 0 Å². The van der Waals surface area contributed by atoms with Crippen LogP contribution in [-0.4, -0.2) is 9.55 Å². The molecule has 1 unspecified atom stereocenters. The lowest BCUT2D eigenvalue weighted by Crippen LogP contribution is -2.09. The summed E-state index contributed by atoms with van der Waals surface area (Å²) in [5.74, 6) is 1.49. The Labute approximate surface area is 107 Å². The quantitative estimate of drug-likeness (QED) is 0.777. The third kappa shape index (κ3) is 1.70. The van der Waals surface area contributed by atoms with Crippen LogP contribution in [0.1, 0.15) is 24.1 Å². The standard InChI is InChI=1S/C16H16N2/c1-3-16-17-14-10-9-12(2)11-15(14)18(16)13-7-5-4-6-8-13/h3-10,12H,1,11H2,2H3. The molecule has 0 N–H and O–H groups in total. The molecule has 0 spiro atoms. The van der Waals surface area contributed by atoms with Crippen molar-refractivity contribution < 1.29 is 0 Å². The highest BCUT2D eigenvalue weighted by Crippen LogP contribution is 2.27. The molecule has 0 bridgehead atoms. The SMILES string of the molecule is C=Cc1nc2c(n1-c1ccccc1)CC(C)C=C2. The summed E-state index contributed by atoms with van der Waals surface area (Å²) in [7, 11) is 0. The second-order valence-electron chi connectivity index (χ2n) is 4.72. The summed E-state index contributed by atoms with van der Waals surface area (Å²) < 4.78 is 2.21. The van der Waals surface area contributed by atoms with E-state index >= 15 is 0 Å². The molecule has 0 saturated heterocycles. The van der Waals surface area contributed by atoms with E-state index in [0.29, 0.717) is 5.92 Å². The number of hydrogen-bond donors (Lipinski definition) is 0. The van der Waals surface area contributed by atoms with Crippen molar-refractivity contribution in [3.8, 4) is 5.69 Å². The first-order valence-electron chi connectivity index (χ1n) is 6.27. The van der Waals surface area contributed by atoms with Crippen LogP contribution in [-0.2, 0) is 6.42 Å². The predicted octanol–water partition coefficient (Wildman–Crippen LogP) is 3.72. The predicted molar refractivity (Wildman–Crippen MR) is 75.6 cm³/mol. The van der Waals surface area contributed by atoms with Crippen LogP contribution in [0.15, 0.2) is 43.0 Å². The lowest BCUT2D eigenvalue weighted by molar-refractivity contribution is 0.686. The zero-order valence-electron chi connectivity index (χ0n) is 10.5. The normalized spacial score (nSPS) is 17.5. The number of benzene rings is 1. The van der Waals surface area contributed by atoms with E-state index in [4.69, 9.17) is 0 Å². The van der Waals surface area contributed by atoms with Gasteiger partial charge in [0.25, 0.3) is 0 Å². The third-order valence-electron chi connectivity index (χ3n) is 3.32. The first kappa shape index (κ1) is 11.0. The number of hydrogen-bond acceptors (Lipinski definition) is 1. The molecule has 3 rings (SSSR count). The second-order valence-corrected chi connectivity index (χ2v) is 4.72. The molecule has 0 amide bonds. The summed E-state index contributed by atoms with van der Waals surface area (Å²) in [5.41, 5.74) is 3.52. The van der Waals surface area contributed by atoms with Gasteiger partial charge in [0.1, 0.15) is 5.82 Å². The summed E-state index contributed by atoms with van der Waals surface area (Å²) in [4.78, 5) is 4.64. The van der Waals surface area contributed by atoms with E-state index in [1.807, 2.05) is 12.1 Å². The van der Waals surface area contributed by atoms with Crippen molar-refractivity contribution in [3.63, 3.8) is 0 Å². The topological polar surface area (TPSA) is 17.8 Å². The molecule has 1 aromatic heterocycles. The van der Waals surface area contributed by atoms with E-state index in [-0.39, 0.29) is 0 Å². The maximum Gasteiger partial charge on any atom is 0.137 e. The van der Waals surface area contributed by atoms with Crippen LogP contribution in [0.4, 0.5) is 0 Å². The van der Waals surface area contributed by atoms with Gasteiger partial charge >= 0.3 is 0 Å². The molecule has 2 heteroatoms. The summed E-state index contributed by atoms with van der Waals surface area (Å²) in [6.07, 6.45) is 7.19. The highest BCUT2D eigenvalue weighted by atomic mass is 15.1. The van der Waals surface area contributed by atoms with Crippen LogP contribution in [0.5, 0.6) is 0 Å². The van der Waals surface area contributed by atoms with Gasteiger partial charge in [-0.25, -0.2) is 4.98 Å². The molecular weight excluding hydrogens is 220 g/mol. The van der Waals surface area contributed by atoms with E-state index in [0.717, 1.165) is 23.6 Å². The largest absolute Gasteiger partial charge is 0.297 e. The Balaban J connectivity index is 2.22. The van der Waals surface area contributed by atoms with Gasteiger partial charge in [0.2, 0.25) is 0 Å². The first-order chi connectivity index (χ1) is 8.79. The van der Waals surface area contributed by atoms with Crippen molar-refractivity contribution in [2.24, 2.45) is 5.92 Å². The number of fused-ring (bicyclic) bond motifs is 1. The van der Waals surface area contributed by atoms with E-state index in [9.17, 15) is 0 Å². The van der Waals surface area contributed by atoms with E-state index in [1.54, 1.807) is 0 Å². The molecule has 2 nitrogen and oxygen atoms in total. The minimum atomic E-state index is 0.564. The van der Waals surface area contributed by atoms with Gasteiger partial charge in [-0.1, -0.05) is 37.8 Å². The van der Waals surface area contributed by atoms with Gasteiger partial charge in [0, 0.05) is 5.69 Å². The number of rotatable bonds is 2. The lowest BCUT2D eigenvalue weighted by atomic mass is 9.98. The van der Waals surface area contributed by atoms with Crippen LogP contribution >= 0.6 is 0 Å². The van der Waals surface area contributed by atoms with Gasteiger partial charge < -0.3 is 0 Å². The lowest BCUT2D eigenvalue weighted by Gasteiger charge is -2.15. The molecule has 0 radical (unpaired) electrons. The van der Waals surface area contributed by atoms with Crippen molar-refractivity contribution in [3.05, 3.63) is 60.2 Å². The third-order valence-corrected chi connectivity index (χ3v) is 3.32. The van der Waals surface area contributed by atoms with Gasteiger partial charge in [-0.05, 0) is 36.6 Å². The van der Waals surface area contributed by atoms with Gasteiger partial charge in [-0.3, -0.25) is 4.57 Å². The fourth-order valence-corrected chi connectivity index (χ4v) is 2.45. The van der Waals surface area contributed by atoms with Crippen LogP contribution in [0.3, 0.4) is 0 Å². The van der Waals surface area contributed by atoms with E-state index in [2.05, 4.69) is 59.5 Å². The average Bonchev–Trinajstić information content (AvgIpc) is 2.77. The Kier molecular flexibility index (Phi) is 2.63. The van der Waals surface area contributed by atoms with Crippen LogP contribution in [0.2, 0.25) is 0 Å². The number of nitrogens with zero attached hydrogens (tertiary/aromatic N) is 2. The molecule has 1 aromatic carbocycles. The minimum Gasteiger partial charge on any atom is -0.297 e. The Morgan fingerprint density at radius 1 is 1.33 bits per heavy atom. The average molecular weight is 236 g/mol. The summed E-state index contributed by atoms with van der Waals surface area (Å²) in [6, 6.07) is 10.4. The number of imidazole rings is 1. The molecule has 1 aliphatic rings. The summed E-state index contributed by atoms with van der Waals surface area (Å²) in [5, 5.41) is 0. The number of allylic oxidation sites excluding steroid dienone is 1. The minimum absolute atomic E-state index is 0.564. The highest BCUT2D eigenvalue weighted by molar-refractivity contribution is 5.58. The van der Waals surface area contributed by atoms with Gasteiger partial charge in [-0.15, -0.1) is 0 Å². The molecule has 1 atom stereocenters. The Morgan fingerprint density at radius 3 is 2.83 bits per heavy atom. The highest BCUT2D eigenvalue weighted by Gasteiger charge is 2.19. The van der Waals surface area contributed by atoms with Gasteiger partial charge in [0.05, 0.1) is 11.4 Å². The Hall–Kier alpha value is -2.09. The van der Waals surface area contributed by atoms with Crippen molar-refractivity contribution in [2.45, 2.75) is 13.3 Å². The summed E-state index contributed by atoms with van der Waals surface area (Å²) >= 11 is 0. The zero-order chi connectivity index (χ0) is 12.5. The second kappa shape index (κ2) is 4.30. The molecule has 1 aliphatic carbocycles.